The zero-order valence-corrected chi connectivity index (χ0v) is 11.6. The van der Waals surface area contributed by atoms with Crippen LogP contribution in [0.5, 0.6) is 5.75 Å². The molecule has 102 valence electrons. The van der Waals surface area contributed by atoms with Crippen molar-refractivity contribution in [1.82, 2.24) is 0 Å². The zero-order valence-electron chi connectivity index (χ0n) is 11.6. The van der Waals surface area contributed by atoms with E-state index in [1.807, 2.05) is 56.3 Å². The highest BCUT2D eigenvalue weighted by Gasteiger charge is 2.27. The van der Waals surface area contributed by atoms with E-state index in [2.05, 4.69) is 5.32 Å². The Morgan fingerprint density at radius 2 is 2.00 bits per heavy atom. The van der Waals surface area contributed by atoms with E-state index in [1.165, 1.54) is 0 Å². The second kappa shape index (κ2) is 5.00. The summed E-state index contributed by atoms with van der Waals surface area (Å²) in [6.07, 6.45) is -0.467. The number of Topliss-reactive ketones (excluding diaryl/α,β-unsaturated/α-hetero) is 1. The maximum atomic E-state index is 12.6. The molecule has 0 fully saturated rings. The molecule has 2 aromatic carbocycles. The van der Waals surface area contributed by atoms with Crippen molar-refractivity contribution in [1.29, 1.82) is 0 Å². The van der Waals surface area contributed by atoms with Crippen molar-refractivity contribution in [3.8, 4) is 5.75 Å². The van der Waals surface area contributed by atoms with Gasteiger partial charge in [0.2, 0.25) is 5.78 Å². The van der Waals surface area contributed by atoms with Crippen LogP contribution in [0.3, 0.4) is 0 Å². The van der Waals surface area contributed by atoms with E-state index < -0.39 is 6.10 Å². The van der Waals surface area contributed by atoms with Gasteiger partial charge in [-0.25, -0.2) is 0 Å². The van der Waals surface area contributed by atoms with E-state index >= 15 is 0 Å². The third-order valence-corrected chi connectivity index (χ3v) is 3.59. The molecule has 1 aliphatic rings. The fraction of sp³-hybridized carbons (Fsp3) is 0.235. The van der Waals surface area contributed by atoms with Crippen molar-refractivity contribution in [2.45, 2.75) is 20.0 Å². The van der Waals surface area contributed by atoms with Gasteiger partial charge in [0.15, 0.2) is 6.10 Å². The standard InChI is InChI=1S/C17H17NO2/c1-11-7-8-12(2)13(9-11)17(19)16-10-18-14-5-3-4-6-15(14)20-16/h3-9,16,18H,10H2,1-2H3. The van der Waals surface area contributed by atoms with Crippen molar-refractivity contribution < 1.29 is 9.53 Å². The summed E-state index contributed by atoms with van der Waals surface area (Å²) in [5.41, 5.74) is 3.76. The van der Waals surface area contributed by atoms with Crippen molar-refractivity contribution >= 4 is 11.5 Å². The van der Waals surface area contributed by atoms with Gasteiger partial charge in [0.25, 0.3) is 0 Å². The molecule has 0 radical (unpaired) electrons. The van der Waals surface area contributed by atoms with Crippen LogP contribution in [-0.2, 0) is 0 Å². The van der Waals surface area contributed by atoms with Gasteiger partial charge in [0.05, 0.1) is 12.2 Å². The average Bonchev–Trinajstić information content (AvgIpc) is 2.48. The number of anilines is 1. The molecule has 0 saturated carbocycles. The van der Waals surface area contributed by atoms with Crippen LogP contribution in [0, 0.1) is 13.8 Å². The van der Waals surface area contributed by atoms with E-state index in [-0.39, 0.29) is 5.78 Å². The number of para-hydroxylation sites is 2. The number of hydrogen-bond acceptors (Lipinski definition) is 3. The normalized spacial score (nSPS) is 16.8. The van der Waals surface area contributed by atoms with E-state index in [0.717, 1.165) is 28.1 Å². The minimum atomic E-state index is -0.467. The van der Waals surface area contributed by atoms with Gasteiger partial charge in [-0.2, -0.15) is 0 Å². The Labute approximate surface area is 118 Å². The molecule has 0 aromatic heterocycles. The predicted molar refractivity (Wildman–Crippen MR) is 79.6 cm³/mol. The summed E-state index contributed by atoms with van der Waals surface area (Å²) >= 11 is 0. The molecular formula is C17H17NO2. The number of ether oxygens (including phenoxy) is 1. The first-order valence-electron chi connectivity index (χ1n) is 6.76. The first-order valence-corrected chi connectivity index (χ1v) is 6.76. The van der Waals surface area contributed by atoms with Gasteiger partial charge in [-0.05, 0) is 37.6 Å². The van der Waals surface area contributed by atoms with Crippen molar-refractivity contribution in [3.63, 3.8) is 0 Å². The number of nitrogens with one attached hydrogen (secondary N) is 1. The zero-order chi connectivity index (χ0) is 14.1. The molecule has 3 nitrogen and oxygen atoms in total. The molecular weight excluding hydrogens is 250 g/mol. The SMILES string of the molecule is Cc1ccc(C)c(C(=O)C2CNc3ccccc3O2)c1. The number of aryl methyl sites for hydroxylation is 2. The first-order chi connectivity index (χ1) is 9.65. The molecule has 1 heterocycles. The number of carbonyl (C=O) groups excluding carboxylic acids is 1. The topological polar surface area (TPSA) is 38.3 Å². The van der Waals surface area contributed by atoms with E-state index in [1.54, 1.807) is 0 Å². The maximum Gasteiger partial charge on any atom is 0.205 e. The lowest BCUT2D eigenvalue weighted by Crippen LogP contribution is -2.38. The van der Waals surface area contributed by atoms with Gasteiger partial charge >= 0.3 is 0 Å². The highest BCUT2D eigenvalue weighted by atomic mass is 16.5. The molecule has 3 heteroatoms. The Hall–Kier alpha value is -2.29. The molecule has 0 aliphatic carbocycles. The van der Waals surface area contributed by atoms with Crippen molar-refractivity contribution in [3.05, 3.63) is 59.2 Å². The smallest absolute Gasteiger partial charge is 0.205 e. The second-order valence-electron chi connectivity index (χ2n) is 5.17. The molecule has 1 aliphatic heterocycles. The van der Waals surface area contributed by atoms with Crippen LogP contribution >= 0.6 is 0 Å². The monoisotopic (exact) mass is 267 g/mol. The van der Waals surface area contributed by atoms with Gasteiger partial charge in [0.1, 0.15) is 5.75 Å². The summed E-state index contributed by atoms with van der Waals surface area (Å²) in [7, 11) is 0. The van der Waals surface area contributed by atoms with Gasteiger partial charge in [-0.3, -0.25) is 4.79 Å². The van der Waals surface area contributed by atoms with Crippen LogP contribution in [0.25, 0.3) is 0 Å². The summed E-state index contributed by atoms with van der Waals surface area (Å²) in [6.45, 7) is 4.45. The number of carbonyl (C=O) groups is 1. The molecule has 20 heavy (non-hydrogen) atoms. The molecule has 1 unspecified atom stereocenters. The summed E-state index contributed by atoms with van der Waals surface area (Å²) in [5, 5.41) is 3.25. The largest absolute Gasteiger partial charge is 0.478 e. The Morgan fingerprint density at radius 3 is 2.85 bits per heavy atom. The van der Waals surface area contributed by atoms with E-state index in [4.69, 9.17) is 4.74 Å². The molecule has 2 aromatic rings. The summed E-state index contributed by atoms with van der Waals surface area (Å²) < 4.78 is 5.83. The molecule has 1 atom stereocenters. The summed E-state index contributed by atoms with van der Waals surface area (Å²) in [4.78, 5) is 12.6. The molecule has 0 spiro atoms. The van der Waals surface area contributed by atoms with Crippen LogP contribution in [0.2, 0.25) is 0 Å². The first kappa shape index (κ1) is 12.7. The van der Waals surface area contributed by atoms with Gasteiger partial charge < -0.3 is 10.1 Å². The number of fused-ring (bicyclic) bond motifs is 1. The number of benzene rings is 2. The van der Waals surface area contributed by atoms with Gasteiger partial charge in [-0.15, -0.1) is 0 Å². The van der Waals surface area contributed by atoms with Gasteiger partial charge in [-0.1, -0.05) is 29.8 Å². The lowest BCUT2D eigenvalue weighted by Gasteiger charge is -2.26. The number of rotatable bonds is 2. The highest BCUT2D eigenvalue weighted by Crippen LogP contribution is 2.29. The summed E-state index contributed by atoms with van der Waals surface area (Å²) in [5.74, 6) is 0.774. The van der Waals surface area contributed by atoms with Crippen LogP contribution in [0.15, 0.2) is 42.5 Å². The lowest BCUT2D eigenvalue weighted by molar-refractivity contribution is 0.0801. The second-order valence-corrected chi connectivity index (χ2v) is 5.17. The molecule has 3 rings (SSSR count). The molecule has 1 N–H and O–H groups in total. The highest BCUT2D eigenvalue weighted by molar-refractivity contribution is 6.01. The third-order valence-electron chi connectivity index (χ3n) is 3.59. The van der Waals surface area contributed by atoms with E-state index in [0.29, 0.717) is 6.54 Å². The van der Waals surface area contributed by atoms with E-state index in [9.17, 15) is 4.79 Å². The van der Waals surface area contributed by atoms with Crippen LogP contribution < -0.4 is 10.1 Å². The van der Waals surface area contributed by atoms with Crippen LogP contribution in [-0.4, -0.2) is 18.4 Å². The quantitative estimate of drug-likeness (QED) is 0.848. The molecule has 0 saturated heterocycles. The molecule has 0 amide bonds. The van der Waals surface area contributed by atoms with Crippen LogP contribution in [0.1, 0.15) is 21.5 Å². The minimum Gasteiger partial charge on any atom is -0.478 e. The van der Waals surface area contributed by atoms with Gasteiger partial charge in [0, 0.05) is 5.56 Å². The Balaban J connectivity index is 1.88. The minimum absolute atomic E-state index is 0.0354. The maximum absolute atomic E-state index is 12.6. The fourth-order valence-corrected chi connectivity index (χ4v) is 2.43. The Morgan fingerprint density at radius 1 is 1.20 bits per heavy atom. The lowest BCUT2D eigenvalue weighted by atomic mass is 9.98. The summed E-state index contributed by atoms with van der Waals surface area (Å²) in [6, 6.07) is 13.6. The van der Waals surface area contributed by atoms with Crippen LogP contribution in [0.4, 0.5) is 5.69 Å². The molecule has 0 bridgehead atoms. The third kappa shape index (κ3) is 2.27. The number of hydrogen-bond donors (Lipinski definition) is 1. The predicted octanol–water partition coefficient (Wildman–Crippen LogP) is 3.36. The average molecular weight is 267 g/mol. The van der Waals surface area contributed by atoms with Crippen molar-refractivity contribution in [2.24, 2.45) is 0 Å². The van der Waals surface area contributed by atoms with Crippen molar-refractivity contribution in [2.75, 3.05) is 11.9 Å². The number of ketones is 1. The Kier molecular flexibility index (Phi) is 3.18. The fourth-order valence-electron chi connectivity index (χ4n) is 2.43. The Bertz CT molecular complexity index is 664.